The molecule has 1 rings (SSSR count). The van der Waals surface area contributed by atoms with E-state index < -0.39 is 21.9 Å². The van der Waals surface area contributed by atoms with Crippen LogP contribution in [-0.4, -0.2) is 26.3 Å². The predicted octanol–water partition coefficient (Wildman–Crippen LogP) is 0.189. The van der Waals surface area contributed by atoms with Crippen molar-refractivity contribution in [2.24, 2.45) is 5.73 Å². The molecular weight excluding hydrogens is 235 g/mol. The van der Waals surface area contributed by atoms with Crippen molar-refractivity contribution in [3.05, 3.63) is 29.6 Å². The molecule has 0 radical (unpaired) electrons. The highest BCUT2D eigenvalue weighted by Gasteiger charge is 2.13. The van der Waals surface area contributed by atoms with E-state index in [0.717, 1.165) is 12.3 Å². The SMILES string of the molecule is CS(=O)(=O)Nc1ccc(F)c([C@H](O)CN)c1. The topological polar surface area (TPSA) is 92.4 Å². The number of nitrogens with one attached hydrogen (secondary N) is 1. The number of rotatable bonds is 4. The van der Waals surface area contributed by atoms with Gasteiger partial charge in [0.2, 0.25) is 10.0 Å². The van der Waals surface area contributed by atoms with Crippen molar-refractivity contribution in [2.75, 3.05) is 17.5 Å². The van der Waals surface area contributed by atoms with Crippen molar-refractivity contribution in [1.82, 2.24) is 0 Å². The lowest BCUT2D eigenvalue weighted by molar-refractivity contribution is 0.182. The number of aliphatic hydroxyl groups excluding tert-OH is 1. The molecule has 1 atom stereocenters. The van der Waals surface area contributed by atoms with Gasteiger partial charge in [-0.2, -0.15) is 0 Å². The Morgan fingerprint density at radius 1 is 1.56 bits per heavy atom. The summed E-state index contributed by atoms with van der Waals surface area (Å²) >= 11 is 0. The van der Waals surface area contributed by atoms with Crippen LogP contribution in [0.3, 0.4) is 0 Å². The molecule has 0 bridgehead atoms. The number of nitrogens with two attached hydrogens (primary N) is 1. The van der Waals surface area contributed by atoms with E-state index in [1.807, 2.05) is 0 Å². The second kappa shape index (κ2) is 4.77. The average molecular weight is 248 g/mol. The monoisotopic (exact) mass is 248 g/mol. The predicted molar refractivity (Wildman–Crippen MR) is 58.9 cm³/mol. The second-order valence-electron chi connectivity index (χ2n) is 3.36. The highest BCUT2D eigenvalue weighted by molar-refractivity contribution is 7.92. The number of aliphatic hydroxyl groups is 1. The van der Waals surface area contributed by atoms with Crippen LogP contribution in [0.4, 0.5) is 10.1 Å². The molecule has 0 aliphatic carbocycles. The number of anilines is 1. The van der Waals surface area contributed by atoms with Crippen molar-refractivity contribution in [2.45, 2.75) is 6.10 Å². The summed E-state index contributed by atoms with van der Waals surface area (Å²) in [5.74, 6) is -0.628. The molecule has 0 spiro atoms. The first-order valence-electron chi connectivity index (χ1n) is 4.49. The van der Waals surface area contributed by atoms with Gasteiger partial charge in [0.15, 0.2) is 0 Å². The fourth-order valence-corrected chi connectivity index (χ4v) is 1.76. The van der Waals surface area contributed by atoms with E-state index in [9.17, 15) is 17.9 Å². The van der Waals surface area contributed by atoms with Gasteiger partial charge in [0, 0.05) is 17.8 Å². The molecule has 90 valence electrons. The van der Waals surface area contributed by atoms with Crippen LogP contribution in [0.2, 0.25) is 0 Å². The summed E-state index contributed by atoms with van der Waals surface area (Å²) in [6.07, 6.45) is -0.170. The smallest absolute Gasteiger partial charge is 0.229 e. The Kier molecular flexibility index (Phi) is 3.84. The molecule has 0 aromatic heterocycles. The van der Waals surface area contributed by atoms with E-state index in [-0.39, 0.29) is 17.8 Å². The normalized spacial score (nSPS) is 13.5. The van der Waals surface area contributed by atoms with Crippen LogP contribution in [0, 0.1) is 5.82 Å². The third-order valence-electron chi connectivity index (χ3n) is 1.88. The molecule has 0 saturated heterocycles. The van der Waals surface area contributed by atoms with E-state index in [1.165, 1.54) is 12.1 Å². The average Bonchev–Trinajstić information content (AvgIpc) is 2.18. The maximum Gasteiger partial charge on any atom is 0.229 e. The van der Waals surface area contributed by atoms with Gasteiger partial charge in [0.1, 0.15) is 5.82 Å². The molecule has 0 amide bonds. The standard InChI is InChI=1S/C9H13FN2O3S/c1-16(14,15)12-6-2-3-8(10)7(4-6)9(13)5-11/h2-4,9,12-13H,5,11H2,1H3/t9-/m1/s1. The van der Waals surface area contributed by atoms with Crippen LogP contribution in [0.25, 0.3) is 0 Å². The van der Waals surface area contributed by atoms with E-state index in [4.69, 9.17) is 5.73 Å². The summed E-state index contributed by atoms with van der Waals surface area (Å²) in [5, 5.41) is 9.39. The van der Waals surface area contributed by atoms with Gasteiger partial charge in [0.05, 0.1) is 12.4 Å². The van der Waals surface area contributed by atoms with E-state index >= 15 is 0 Å². The molecule has 0 unspecified atom stereocenters. The van der Waals surface area contributed by atoms with Gasteiger partial charge in [-0.1, -0.05) is 0 Å². The van der Waals surface area contributed by atoms with Crippen molar-refractivity contribution in [3.8, 4) is 0 Å². The maximum absolute atomic E-state index is 13.2. The Labute approximate surface area is 93.1 Å². The van der Waals surface area contributed by atoms with Crippen molar-refractivity contribution in [3.63, 3.8) is 0 Å². The quantitative estimate of drug-likeness (QED) is 0.709. The zero-order valence-electron chi connectivity index (χ0n) is 8.64. The zero-order chi connectivity index (χ0) is 12.3. The molecule has 5 nitrogen and oxygen atoms in total. The van der Waals surface area contributed by atoms with E-state index in [1.54, 1.807) is 0 Å². The molecule has 7 heteroatoms. The fourth-order valence-electron chi connectivity index (χ4n) is 1.20. The Bertz CT molecular complexity index is 476. The van der Waals surface area contributed by atoms with Gasteiger partial charge in [0.25, 0.3) is 0 Å². The highest BCUT2D eigenvalue weighted by Crippen LogP contribution is 2.21. The van der Waals surface area contributed by atoms with Gasteiger partial charge in [-0.05, 0) is 18.2 Å². The number of sulfonamides is 1. The molecule has 0 aliphatic heterocycles. The van der Waals surface area contributed by atoms with E-state index in [2.05, 4.69) is 4.72 Å². The molecule has 16 heavy (non-hydrogen) atoms. The molecule has 0 heterocycles. The van der Waals surface area contributed by atoms with Crippen LogP contribution < -0.4 is 10.5 Å². The summed E-state index contributed by atoms with van der Waals surface area (Å²) in [4.78, 5) is 0. The minimum atomic E-state index is -3.42. The largest absolute Gasteiger partial charge is 0.387 e. The minimum Gasteiger partial charge on any atom is -0.387 e. The first kappa shape index (κ1) is 12.9. The molecule has 1 aromatic rings. The van der Waals surface area contributed by atoms with Crippen molar-refractivity contribution >= 4 is 15.7 Å². The van der Waals surface area contributed by atoms with Gasteiger partial charge < -0.3 is 10.8 Å². The van der Waals surface area contributed by atoms with E-state index in [0.29, 0.717) is 0 Å². The van der Waals surface area contributed by atoms with Crippen molar-refractivity contribution < 1.29 is 17.9 Å². The summed E-state index contributed by atoms with van der Waals surface area (Å²) in [5.41, 5.74) is 5.35. The highest BCUT2D eigenvalue weighted by atomic mass is 32.2. The first-order valence-corrected chi connectivity index (χ1v) is 6.38. The number of benzene rings is 1. The first-order chi connectivity index (χ1) is 7.33. The summed E-state index contributed by atoms with van der Waals surface area (Å²) in [6.45, 7) is -0.140. The lowest BCUT2D eigenvalue weighted by Crippen LogP contribution is -2.14. The lowest BCUT2D eigenvalue weighted by atomic mass is 10.1. The van der Waals surface area contributed by atoms with Crippen molar-refractivity contribution in [1.29, 1.82) is 0 Å². The zero-order valence-corrected chi connectivity index (χ0v) is 9.46. The number of hydrogen-bond acceptors (Lipinski definition) is 4. The molecule has 1 aromatic carbocycles. The Morgan fingerprint density at radius 2 is 2.19 bits per heavy atom. The maximum atomic E-state index is 13.2. The Hall–Kier alpha value is -1.18. The van der Waals surface area contributed by atoms with Gasteiger partial charge in [-0.3, -0.25) is 4.72 Å². The molecule has 4 N–H and O–H groups in total. The van der Waals surface area contributed by atoms with Crippen LogP contribution in [-0.2, 0) is 10.0 Å². The number of halogens is 1. The summed E-state index contributed by atoms with van der Waals surface area (Å²) in [7, 11) is -3.42. The van der Waals surface area contributed by atoms with Crippen LogP contribution in [0.15, 0.2) is 18.2 Å². The van der Waals surface area contributed by atoms with Gasteiger partial charge >= 0.3 is 0 Å². The summed E-state index contributed by atoms with van der Waals surface area (Å²) in [6, 6.07) is 3.55. The number of hydrogen-bond donors (Lipinski definition) is 3. The lowest BCUT2D eigenvalue weighted by Gasteiger charge is -2.11. The second-order valence-corrected chi connectivity index (χ2v) is 5.11. The molecule has 0 fully saturated rings. The van der Waals surface area contributed by atoms with Gasteiger partial charge in [-0.25, -0.2) is 12.8 Å². The summed E-state index contributed by atoms with van der Waals surface area (Å²) < 4.78 is 37.3. The van der Waals surface area contributed by atoms with Gasteiger partial charge in [-0.15, -0.1) is 0 Å². The minimum absolute atomic E-state index is 0.0313. The third-order valence-corrected chi connectivity index (χ3v) is 2.49. The third kappa shape index (κ3) is 3.44. The van der Waals surface area contributed by atoms with Crippen LogP contribution >= 0.6 is 0 Å². The fraction of sp³-hybridized carbons (Fsp3) is 0.333. The molecule has 0 aliphatic rings. The Balaban J connectivity index is 3.07. The Morgan fingerprint density at radius 3 is 2.69 bits per heavy atom. The van der Waals surface area contributed by atoms with Crippen LogP contribution in [0.5, 0.6) is 0 Å². The molecular formula is C9H13FN2O3S. The van der Waals surface area contributed by atoms with Crippen LogP contribution in [0.1, 0.15) is 11.7 Å². The molecule has 0 saturated carbocycles.